The molecule has 122 valence electrons. The van der Waals surface area contributed by atoms with Gasteiger partial charge >= 0.3 is 0 Å². The van der Waals surface area contributed by atoms with Crippen LogP contribution in [0.3, 0.4) is 0 Å². The largest absolute Gasteiger partial charge is 0.369 e. The lowest BCUT2D eigenvalue weighted by Gasteiger charge is -2.37. The smallest absolute Gasteiger partial charge is 0.234 e. The van der Waals surface area contributed by atoms with E-state index in [1.807, 2.05) is 6.92 Å². The summed E-state index contributed by atoms with van der Waals surface area (Å²) in [6, 6.07) is 4.51. The van der Waals surface area contributed by atoms with Gasteiger partial charge in [-0.3, -0.25) is 4.79 Å². The van der Waals surface area contributed by atoms with Crippen LogP contribution in [0.2, 0.25) is 0 Å². The number of nitrogens with two attached hydrogens (primary N) is 1. The molecule has 0 bridgehead atoms. The fourth-order valence-corrected chi connectivity index (χ4v) is 2.84. The van der Waals surface area contributed by atoms with Crippen LogP contribution in [-0.4, -0.2) is 50.1 Å². The van der Waals surface area contributed by atoms with E-state index in [4.69, 9.17) is 5.73 Å². The van der Waals surface area contributed by atoms with Gasteiger partial charge < -0.3 is 20.9 Å². The number of amides is 1. The molecule has 0 spiro atoms. The highest BCUT2D eigenvalue weighted by Gasteiger charge is 2.21. The number of piperazine rings is 1. The summed E-state index contributed by atoms with van der Waals surface area (Å²) in [4.78, 5) is 16.1. The first-order valence-corrected chi connectivity index (χ1v) is 7.81. The lowest BCUT2D eigenvalue weighted by molar-refractivity contribution is -0.120. The Morgan fingerprint density at radius 3 is 2.64 bits per heavy atom. The van der Waals surface area contributed by atoms with E-state index in [1.54, 1.807) is 6.07 Å². The van der Waals surface area contributed by atoms with Crippen molar-refractivity contribution in [3.8, 4) is 0 Å². The van der Waals surface area contributed by atoms with Crippen LogP contribution in [-0.2, 0) is 4.79 Å². The zero-order chi connectivity index (χ0) is 16.1. The van der Waals surface area contributed by atoms with Crippen molar-refractivity contribution < 1.29 is 9.18 Å². The Morgan fingerprint density at radius 1 is 1.36 bits per heavy atom. The van der Waals surface area contributed by atoms with Crippen molar-refractivity contribution in [1.29, 1.82) is 0 Å². The SMILES string of the molecule is CCN1CCN(c2ccc(F)cc2C(C)NC(=O)CN)CC1. The molecule has 6 heteroatoms. The van der Waals surface area contributed by atoms with Gasteiger partial charge in [0.15, 0.2) is 0 Å². The van der Waals surface area contributed by atoms with Crippen LogP contribution in [0, 0.1) is 5.82 Å². The quantitative estimate of drug-likeness (QED) is 0.855. The summed E-state index contributed by atoms with van der Waals surface area (Å²) < 4.78 is 13.6. The summed E-state index contributed by atoms with van der Waals surface area (Å²) in [6.07, 6.45) is 0. The van der Waals surface area contributed by atoms with E-state index in [-0.39, 0.29) is 24.3 Å². The standard InChI is InChI=1S/C16H25FN4O/c1-3-20-6-8-21(9-7-20)15-5-4-13(17)10-14(15)12(2)19-16(22)11-18/h4-5,10,12H,3,6-9,11,18H2,1-2H3,(H,19,22). The van der Waals surface area contributed by atoms with Crippen molar-refractivity contribution in [2.45, 2.75) is 19.9 Å². The van der Waals surface area contributed by atoms with Crippen molar-refractivity contribution in [3.63, 3.8) is 0 Å². The molecule has 1 aromatic rings. The second kappa shape index (κ2) is 7.56. The molecule has 3 N–H and O–H groups in total. The number of likely N-dealkylation sites (N-methyl/N-ethyl adjacent to an activating group) is 1. The number of rotatable bonds is 5. The molecular formula is C16H25FN4O. The second-order valence-electron chi connectivity index (χ2n) is 5.62. The molecule has 1 saturated heterocycles. The molecule has 5 nitrogen and oxygen atoms in total. The Morgan fingerprint density at radius 2 is 2.05 bits per heavy atom. The van der Waals surface area contributed by atoms with Gasteiger partial charge in [-0.1, -0.05) is 6.92 Å². The van der Waals surface area contributed by atoms with Crippen LogP contribution >= 0.6 is 0 Å². The Balaban J connectivity index is 2.19. The van der Waals surface area contributed by atoms with Crippen molar-refractivity contribution in [3.05, 3.63) is 29.6 Å². The molecule has 1 fully saturated rings. The first kappa shape index (κ1) is 16.7. The molecule has 0 saturated carbocycles. The molecule has 1 unspecified atom stereocenters. The van der Waals surface area contributed by atoms with Crippen LogP contribution < -0.4 is 16.0 Å². The van der Waals surface area contributed by atoms with Gasteiger partial charge in [-0.15, -0.1) is 0 Å². The summed E-state index contributed by atoms with van der Waals surface area (Å²) in [7, 11) is 0. The highest BCUT2D eigenvalue weighted by molar-refractivity contribution is 5.78. The van der Waals surface area contributed by atoms with E-state index >= 15 is 0 Å². The summed E-state index contributed by atoms with van der Waals surface area (Å²) in [6.45, 7) is 8.80. The number of hydrogen-bond donors (Lipinski definition) is 2. The topological polar surface area (TPSA) is 61.6 Å². The van der Waals surface area contributed by atoms with Gasteiger partial charge in [0.25, 0.3) is 0 Å². The maximum atomic E-state index is 13.6. The lowest BCUT2D eigenvalue weighted by atomic mass is 10.0. The highest BCUT2D eigenvalue weighted by Crippen LogP contribution is 2.28. The first-order valence-electron chi connectivity index (χ1n) is 7.81. The van der Waals surface area contributed by atoms with E-state index in [1.165, 1.54) is 12.1 Å². The maximum Gasteiger partial charge on any atom is 0.234 e. The maximum absolute atomic E-state index is 13.6. The van der Waals surface area contributed by atoms with Crippen molar-refractivity contribution in [1.82, 2.24) is 10.2 Å². The second-order valence-corrected chi connectivity index (χ2v) is 5.62. The minimum atomic E-state index is -0.292. The average molecular weight is 308 g/mol. The molecule has 2 rings (SSSR count). The van der Waals surface area contributed by atoms with E-state index in [9.17, 15) is 9.18 Å². The number of halogens is 1. The molecule has 1 aliphatic heterocycles. The highest BCUT2D eigenvalue weighted by atomic mass is 19.1. The predicted octanol–water partition coefficient (Wildman–Crippen LogP) is 1.10. The van der Waals surface area contributed by atoms with Crippen molar-refractivity contribution in [2.24, 2.45) is 5.73 Å². The number of hydrogen-bond acceptors (Lipinski definition) is 4. The van der Waals surface area contributed by atoms with Crippen molar-refractivity contribution >= 4 is 11.6 Å². The minimum Gasteiger partial charge on any atom is -0.369 e. The average Bonchev–Trinajstić information content (AvgIpc) is 2.54. The molecule has 0 radical (unpaired) electrons. The fourth-order valence-electron chi connectivity index (χ4n) is 2.84. The third kappa shape index (κ3) is 3.96. The van der Waals surface area contributed by atoms with E-state index < -0.39 is 0 Å². The molecule has 1 aliphatic rings. The van der Waals surface area contributed by atoms with Gasteiger partial charge in [0, 0.05) is 37.4 Å². The summed E-state index contributed by atoms with van der Waals surface area (Å²) in [5.41, 5.74) is 7.12. The summed E-state index contributed by atoms with van der Waals surface area (Å²) >= 11 is 0. The number of carbonyl (C=O) groups is 1. The van der Waals surface area contributed by atoms with Gasteiger partial charge in [-0.2, -0.15) is 0 Å². The van der Waals surface area contributed by atoms with Crippen LogP contribution in [0.4, 0.5) is 10.1 Å². The van der Waals surface area contributed by atoms with Crippen molar-refractivity contribution in [2.75, 3.05) is 44.2 Å². The van der Waals surface area contributed by atoms with E-state index in [2.05, 4.69) is 22.0 Å². The molecule has 0 aliphatic carbocycles. The minimum absolute atomic E-state index is 0.0653. The molecule has 22 heavy (non-hydrogen) atoms. The molecular weight excluding hydrogens is 283 g/mol. The zero-order valence-corrected chi connectivity index (χ0v) is 13.3. The van der Waals surface area contributed by atoms with Gasteiger partial charge in [0.2, 0.25) is 5.91 Å². The van der Waals surface area contributed by atoms with Crippen LogP contribution in [0.5, 0.6) is 0 Å². The molecule has 1 atom stereocenters. The lowest BCUT2D eigenvalue weighted by Crippen LogP contribution is -2.46. The van der Waals surface area contributed by atoms with Crippen LogP contribution in [0.1, 0.15) is 25.5 Å². The Kier molecular flexibility index (Phi) is 5.74. The number of carbonyl (C=O) groups excluding carboxylic acids is 1. The third-order valence-electron chi connectivity index (χ3n) is 4.18. The summed E-state index contributed by atoms with van der Waals surface area (Å²) in [5, 5.41) is 2.80. The Labute approximate surface area is 131 Å². The van der Waals surface area contributed by atoms with E-state index in [0.29, 0.717) is 0 Å². The van der Waals surface area contributed by atoms with Gasteiger partial charge in [-0.05, 0) is 31.7 Å². The Bertz CT molecular complexity index is 515. The van der Waals surface area contributed by atoms with Crippen LogP contribution in [0.25, 0.3) is 0 Å². The van der Waals surface area contributed by atoms with Gasteiger partial charge in [0.1, 0.15) is 5.82 Å². The third-order valence-corrected chi connectivity index (χ3v) is 4.18. The zero-order valence-electron chi connectivity index (χ0n) is 13.3. The number of nitrogens with zero attached hydrogens (tertiary/aromatic N) is 2. The monoisotopic (exact) mass is 308 g/mol. The molecule has 1 heterocycles. The Hall–Kier alpha value is -1.66. The number of nitrogens with one attached hydrogen (secondary N) is 1. The predicted molar refractivity (Wildman–Crippen MR) is 86.3 cm³/mol. The normalized spacial score (nSPS) is 17.4. The van der Waals surface area contributed by atoms with Gasteiger partial charge in [0.05, 0.1) is 12.6 Å². The van der Waals surface area contributed by atoms with E-state index in [0.717, 1.165) is 44.0 Å². The molecule has 1 amide bonds. The van der Waals surface area contributed by atoms with Crippen LogP contribution in [0.15, 0.2) is 18.2 Å². The molecule has 1 aromatic carbocycles. The summed E-state index contributed by atoms with van der Waals surface area (Å²) in [5.74, 6) is -0.529. The number of benzene rings is 1. The fraction of sp³-hybridized carbons (Fsp3) is 0.562. The number of anilines is 1. The van der Waals surface area contributed by atoms with Gasteiger partial charge in [-0.25, -0.2) is 4.39 Å². The first-order chi connectivity index (χ1) is 10.5. The molecule has 0 aromatic heterocycles.